The number of nitro benzene ring substituents is 1. The highest BCUT2D eigenvalue weighted by Gasteiger charge is 2.54. The van der Waals surface area contributed by atoms with Gasteiger partial charge in [0, 0.05) is 11.6 Å². The Hall–Kier alpha value is -4.12. The number of hydrogen-bond acceptors (Lipinski definition) is 6. The van der Waals surface area contributed by atoms with Gasteiger partial charge in [0.2, 0.25) is 5.91 Å². The van der Waals surface area contributed by atoms with Gasteiger partial charge in [-0.25, -0.2) is 17.5 Å². The summed E-state index contributed by atoms with van der Waals surface area (Å²) in [7, 11) is -4.47. The molecule has 4 aliphatic rings. The van der Waals surface area contributed by atoms with Crippen LogP contribution in [-0.2, 0) is 14.8 Å². The molecular weight excluding hydrogens is 549 g/mol. The number of nitro groups is 1. The molecule has 0 heterocycles. The number of anilines is 1. The Labute approximate surface area is 236 Å². The monoisotopic (exact) mass is 577 g/mol. The van der Waals surface area contributed by atoms with E-state index in [4.69, 9.17) is 0 Å². The van der Waals surface area contributed by atoms with E-state index < -0.39 is 36.9 Å². The van der Waals surface area contributed by atoms with Crippen LogP contribution in [0.25, 0.3) is 11.1 Å². The fourth-order valence-electron chi connectivity index (χ4n) is 7.28. The van der Waals surface area contributed by atoms with Crippen LogP contribution in [0.2, 0.25) is 0 Å². The first-order valence-electron chi connectivity index (χ1n) is 13.5. The van der Waals surface area contributed by atoms with Crippen molar-refractivity contribution in [2.45, 2.75) is 43.4 Å². The largest absolute Gasteiger partial charge is 0.320 e. The summed E-state index contributed by atoms with van der Waals surface area (Å²) in [6.45, 7) is 0. The third-order valence-corrected chi connectivity index (χ3v) is 10.1. The zero-order valence-electron chi connectivity index (χ0n) is 22.0. The Kier molecular flexibility index (Phi) is 6.64. The number of nitrogens with one attached hydrogen (secondary N) is 2. The van der Waals surface area contributed by atoms with Crippen LogP contribution in [0.15, 0.2) is 71.6 Å². The average molecular weight is 578 g/mol. The number of amides is 2. The van der Waals surface area contributed by atoms with Gasteiger partial charge in [-0.1, -0.05) is 24.3 Å². The minimum Gasteiger partial charge on any atom is -0.320 e. The van der Waals surface area contributed by atoms with Crippen LogP contribution < -0.4 is 10.0 Å². The van der Waals surface area contributed by atoms with Gasteiger partial charge in [0.15, 0.2) is 0 Å². The quantitative estimate of drug-likeness (QED) is 0.274. The van der Waals surface area contributed by atoms with Gasteiger partial charge in [-0.3, -0.25) is 19.7 Å². The third kappa shape index (κ3) is 5.21. The van der Waals surface area contributed by atoms with Crippen LogP contribution in [-0.4, -0.2) is 25.2 Å². The summed E-state index contributed by atoms with van der Waals surface area (Å²) in [5.41, 5.74) is 0.292. The maximum atomic E-state index is 13.4. The van der Waals surface area contributed by atoms with E-state index in [-0.39, 0.29) is 23.0 Å². The van der Waals surface area contributed by atoms with Crippen molar-refractivity contribution in [2.24, 2.45) is 23.2 Å². The molecule has 41 heavy (non-hydrogen) atoms. The highest BCUT2D eigenvalue weighted by molar-refractivity contribution is 7.90. The second-order valence-corrected chi connectivity index (χ2v) is 13.3. The van der Waals surface area contributed by atoms with E-state index in [1.165, 1.54) is 30.3 Å². The molecule has 11 heteroatoms. The summed E-state index contributed by atoms with van der Waals surface area (Å²) in [6, 6.07) is 15.0. The summed E-state index contributed by atoms with van der Waals surface area (Å²) in [6.07, 6.45) is 5.77. The first-order chi connectivity index (χ1) is 19.5. The van der Waals surface area contributed by atoms with E-state index in [9.17, 15) is 32.5 Å². The van der Waals surface area contributed by atoms with Crippen LogP contribution in [0.1, 0.15) is 48.9 Å². The van der Waals surface area contributed by atoms with Gasteiger partial charge < -0.3 is 5.32 Å². The predicted molar refractivity (Wildman–Crippen MR) is 149 cm³/mol. The minimum atomic E-state index is -4.47. The smallest absolute Gasteiger partial charge is 0.294 e. The van der Waals surface area contributed by atoms with Gasteiger partial charge in [0.05, 0.1) is 15.2 Å². The van der Waals surface area contributed by atoms with Crippen molar-refractivity contribution in [1.82, 2.24) is 4.72 Å². The van der Waals surface area contributed by atoms with Gasteiger partial charge in [-0.05, 0) is 104 Å². The molecule has 0 aliphatic heterocycles. The van der Waals surface area contributed by atoms with Crippen molar-refractivity contribution in [3.63, 3.8) is 0 Å². The van der Waals surface area contributed by atoms with Crippen LogP contribution in [0.5, 0.6) is 0 Å². The Morgan fingerprint density at radius 3 is 1.93 bits per heavy atom. The molecule has 3 aromatic rings. The number of hydrogen-bond donors (Lipinski definition) is 2. The molecule has 4 saturated carbocycles. The van der Waals surface area contributed by atoms with E-state index in [1.807, 2.05) is 4.72 Å². The molecule has 2 amide bonds. The molecule has 9 nitrogen and oxygen atoms in total. The van der Waals surface area contributed by atoms with Gasteiger partial charge >= 0.3 is 0 Å². The topological polar surface area (TPSA) is 135 Å². The van der Waals surface area contributed by atoms with Crippen LogP contribution in [0, 0.1) is 39.1 Å². The van der Waals surface area contributed by atoms with Gasteiger partial charge in [-0.2, -0.15) is 0 Å². The minimum absolute atomic E-state index is 0.0494. The molecule has 0 atom stereocenters. The molecular formula is C30H28FN3O6S. The predicted octanol–water partition coefficient (Wildman–Crippen LogP) is 5.67. The molecule has 2 N–H and O–H groups in total. The molecule has 0 unspecified atom stereocenters. The maximum Gasteiger partial charge on any atom is 0.294 e. The molecule has 212 valence electrons. The number of rotatable bonds is 7. The van der Waals surface area contributed by atoms with E-state index in [1.54, 1.807) is 24.3 Å². The summed E-state index contributed by atoms with van der Waals surface area (Å²) in [4.78, 5) is 36.8. The Morgan fingerprint density at radius 1 is 0.854 bits per heavy atom. The Morgan fingerprint density at radius 2 is 1.39 bits per heavy atom. The van der Waals surface area contributed by atoms with Crippen molar-refractivity contribution in [1.29, 1.82) is 0 Å². The van der Waals surface area contributed by atoms with E-state index in [2.05, 4.69) is 5.32 Å². The average Bonchev–Trinajstić information content (AvgIpc) is 2.92. The second-order valence-electron chi connectivity index (χ2n) is 11.6. The van der Waals surface area contributed by atoms with Gasteiger partial charge in [0.25, 0.3) is 21.6 Å². The molecule has 7 rings (SSSR count). The molecule has 0 saturated heterocycles. The van der Waals surface area contributed by atoms with Crippen LogP contribution in [0.4, 0.5) is 15.8 Å². The first-order valence-corrected chi connectivity index (χ1v) is 15.0. The lowest BCUT2D eigenvalue weighted by atomic mass is 9.49. The summed E-state index contributed by atoms with van der Waals surface area (Å²) in [5.74, 6) is -0.00916. The van der Waals surface area contributed by atoms with Crippen LogP contribution >= 0.6 is 0 Å². The van der Waals surface area contributed by atoms with E-state index in [0.717, 1.165) is 50.7 Å². The fraction of sp³-hybridized carbons (Fsp3) is 0.333. The first kappa shape index (κ1) is 27.1. The van der Waals surface area contributed by atoms with Gasteiger partial charge in [0.1, 0.15) is 11.5 Å². The zero-order valence-corrected chi connectivity index (χ0v) is 22.8. The van der Waals surface area contributed by atoms with E-state index >= 15 is 0 Å². The maximum absolute atomic E-state index is 13.4. The molecule has 0 spiro atoms. The van der Waals surface area contributed by atoms with Gasteiger partial charge in [-0.15, -0.1) is 0 Å². The molecule has 4 fully saturated rings. The van der Waals surface area contributed by atoms with Crippen molar-refractivity contribution < 1.29 is 27.3 Å². The molecule has 4 bridgehead atoms. The summed E-state index contributed by atoms with van der Waals surface area (Å²) in [5, 5.41) is 14.6. The normalized spacial score (nSPS) is 24.6. The van der Waals surface area contributed by atoms with Crippen molar-refractivity contribution >= 4 is 33.2 Å². The van der Waals surface area contributed by atoms with Crippen molar-refractivity contribution in [2.75, 3.05) is 5.32 Å². The molecule has 0 aromatic heterocycles. The number of benzene rings is 3. The number of carbonyl (C=O) groups excluding carboxylic acids is 2. The lowest BCUT2D eigenvalue weighted by Gasteiger charge is -2.55. The lowest BCUT2D eigenvalue weighted by Crippen LogP contribution is -2.51. The van der Waals surface area contributed by atoms with Crippen LogP contribution in [0.3, 0.4) is 0 Å². The van der Waals surface area contributed by atoms with Crippen molar-refractivity contribution in [3.05, 3.63) is 88.2 Å². The third-order valence-electron chi connectivity index (χ3n) is 8.80. The lowest BCUT2D eigenvalue weighted by molar-refractivity contribution is -0.384. The van der Waals surface area contributed by atoms with E-state index in [0.29, 0.717) is 28.9 Å². The number of nitrogens with zero attached hydrogens (tertiary/aromatic N) is 1. The Balaban J connectivity index is 1.18. The summed E-state index contributed by atoms with van der Waals surface area (Å²) >= 11 is 0. The molecule has 3 aromatic carbocycles. The standard InChI is InChI=1S/C30H28FN3O6S/c31-24-7-5-22(6-8-24)21-1-3-23(4-2-21)28(35)33-41(39,40)25-9-10-26(27(14-25)34(37)38)32-29(36)30-15-18-11-19(16-30)13-20(12-18)17-30/h1-10,14,18-20H,11-13,15-17H2,(H,32,36)(H,33,35). The highest BCUT2D eigenvalue weighted by Crippen LogP contribution is 2.60. The number of carbonyl (C=O) groups is 2. The molecule has 4 aliphatic carbocycles. The fourth-order valence-corrected chi connectivity index (χ4v) is 8.27. The second kappa shape index (κ2) is 10.1. The Bertz CT molecular complexity index is 1620. The molecule has 0 radical (unpaired) electrons. The number of halogens is 1. The zero-order chi connectivity index (χ0) is 28.9. The van der Waals surface area contributed by atoms with Crippen molar-refractivity contribution in [3.8, 4) is 11.1 Å². The SMILES string of the molecule is O=C(NS(=O)(=O)c1ccc(NC(=O)C23CC4CC(CC(C4)C2)C3)c([N+](=O)[O-])c1)c1ccc(-c2ccc(F)cc2)cc1. The number of sulfonamides is 1. The highest BCUT2D eigenvalue weighted by atomic mass is 32.2. The summed E-state index contributed by atoms with van der Waals surface area (Å²) < 4.78 is 41.1.